The molecule has 1 heterocycles. The van der Waals surface area contributed by atoms with Gasteiger partial charge in [-0.25, -0.2) is 0 Å². The number of terminal acetylenes is 1. The third-order valence-electron chi connectivity index (χ3n) is 1.69. The second-order valence-electron chi connectivity index (χ2n) is 2.51. The first-order valence-electron chi connectivity index (χ1n) is 3.00. The molecule has 0 aromatic carbocycles. The van der Waals surface area contributed by atoms with Crippen LogP contribution in [0.4, 0.5) is 0 Å². The van der Waals surface area contributed by atoms with Gasteiger partial charge in [0.05, 0.1) is 5.54 Å². The molecule has 0 aromatic rings. The van der Waals surface area contributed by atoms with Gasteiger partial charge in [-0.3, -0.25) is 0 Å². The Kier molecular flexibility index (Phi) is 3.03. The molecule has 1 aliphatic rings. The van der Waals surface area contributed by atoms with Gasteiger partial charge in [-0.1, -0.05) is 5.92 Å². The van der Waals surface area contributed by atoms with E-state index in [2.05, 4.69) is 18.2 Å². The number of hydrogen-bond donors (Lipinski definition) is 1. The third-order valence-corrected chi connectivity index (χ3v) is 1.69. The first-order valence-corrected chi connectivity index (χ1v) is 3.00. The lowest BCUT2D eigenvalue weighted by Gasteiger charge is -2.14. The Morgan fingerprint density at radius 2 is 2.33 bits per heavy atom. The van der Waals surface area contributed by atoms with E-state index >= 15 is 0 Å². The van der Waals surface area contributed by atoms with E-state index in [1.807, 2.05) is 0 Å². The van der Waals surface area contributed by atoms with Crippen molar-refractivity contribution >= 4 is 12.4 Å². The van der Waals surface area contributed by atoms with E-state index in [1.165, 1.54) is 6.42 Å². The van der Waals surface area contributed by atoms with Crippen LogP contribution in [0.1, 0.15) is 19.8 Å². The highest BCUT2D eigenvalue weighted by Crippen LogP contribution is 2.15. The van der Waals surface area contributed by atoms with Gasteiger partial charge in [-0.2, -0.15) is 0 Å². The highest BCUT2D eigenvalue weighted by atomic mass is 35.5. The number of halogens is 1. The van der Waals surface area contributed by atoms with Crippen LogP contribution in [0.5, 0.6) is 0 Å². The molecule has 9 heavy (non-hydrogen) atoms. The molecule has 0 aromatic heterocycles. The molecule has 2 heteroatoms. The van der Waals surface area contributed by atoms with Gasteiger partial charge in [0.15, 0.2) is 0 Å². The zero-order valence-corrected chi connectivity index (χ0v) is 6.42. The summed E-state index contributed by atoms with van der Waals surface area (Å²) in [5, 5.41) is 3.25. The molecule has 1 aliphatic heterocycles. The maximum Gasteiger partial charge on any atom is 0.0770 e. The molecule has 0 radical (unpaired) electrons. The molecule has 1 rings (SSSR count). The normalized spacial score (nSPS) is 32.9. The lowest BCUT2D eigenvalue weighted by molar-refractivity contribution is 0.541. The van der Waals surface area contributed by atoms with Crippen LogP contribution >= 0.6 is 12.4 Å². The average molecular weight is 146 g/mol. The SMILES string of the molecule is C#C[C@]1(C)CCCN1.Cl. The minimum Gasteiger partial charge on any atom is -0.301 e. The standard InChI is InChI=1S/C7H11N.ClH/c1-3-7(2)5-4-6-8-7;/h1,8H,4-6H2,2H3;1H/t7-;/m1./s1. The summed E-state index contributed by atoms with van der Waals surface area (Å²) in [5.74, 6) is 2.73. The van der Waals surface area contributed by atoms with E-state index in [9.17, 15) is 0 Å². The van der Waals surface area contributed by atoms with Crippen LogP contribution in [-0.4, -0.2) is 12.1 Å². The molecule has 1 saturated heterocycles. The Morgan fingerprint density at radius 3 is 2.56 bits per heavy atom. The molecule has 0 spiro atoms. The Bertz CT molecular complexity index is 119. The summed E-state index contributed by atoms with van der Waals surface area (Å²) in [6.45, 7) is 3.15. The van der Waals surface area contributed by atoms with E-state index < -0.39 is 0 Å². The second kappa shape index (κ2) is 3.10. The van der Waals surface area contributed by atoms with Crippen LogP contribution in [-0.2, 0) is 0 Å². The summed E-state index contributed by atoms with van der Waals surface area (Å²) in [7, 11) is 0. The van der Waals surface area contributed by atoms with Crippen molar-refractivity contribution in [1.82, 2.24) is 5.32 Å². The lowest BCUT2D eigenvalue weighted by atomic mass is 10.0. The third kappa shape index (κ3) is 1.89. The molecule has 0 bridgehead atoms. The fourth-order valence-corrected chi connectivity index (χ4v) is 1.02. The number of rotatable bonds is 0. The van der Waals surface area contributed by atoms with Gasteiger partial charge in [-0.05, 0) is 26.3 Å². The van der Waals surface area contributed by atoms with Crippen LogP contribution in [0.3, 0.4) is 0 Å². The van der Waals surface area contributed by atoms with Gasteiger partial charge in [-0.15, -0.1) is 18.8 Å². The maximum absolute atomic E-state index is 5.26. The molecule has 1 atom stereocenters. The van der Waals surface area contributed by atoms with Crippen molar-refractivity contribution in [3.05, 3.63) is 0 Å². The van der Waals surface area contributed by atoms with Crippen LogP contribution in [0, 0.1) is 12.3 Å². The number of hydrogen-bond acceptors (Lipinski definition) is 1. The first-order chi connectivity index (χ1) is 3.77. The predicted octanol–water partition coefficient (Wildman–Crippen LogP) is 1.18. The Hall–Kier alpha value is -0.190. The van der Waals surface area contributed by atoms with Crippen LogP contribution < -0.4 is 5.32 Å². The molecule has 1 nitrogen and oxygen atoms in total. The van der Waals surface area contributed by atoms with E-state index in [-0.39, 0.29) is 17.9 Å². The van der Waals surface area contributed by atoms with E-state index in [1.54, 1.807) is 0 Å². The van der Waals surface area contributed by atoms with E-state index in [4.69, 9.17) is 6.42 Å². The average Bonchev–Trinajstić information content (AvgIpc) is 2.17. The van der Waals surface area contributed by atoms with Crippen LogP contribution in [0.2, 0.25) is 0 Å². The minimum absolute atomic E-state index is 0. The molecule has 52 valence electrons. The summed E-state index contributed by atoms with van der Waals surface area (Å²) in [5.41, 5.74) is 0.0139. The van der Waals surface area contributed by atoms with Crippen LogP contribution in [0.25, 0.3) is 0 Å². The summed E-state index contributed by atoms with van der Waals surface area (Å²) in [4.78, 5) is 0. The van der Waals surface area contributed by atoms with E-state index in [0.717, 1.165) is 13.0 Å². The van der Waals surface area contributed by atoms with Crippen molar-refractivity contribution in [1.29, 1.82) is 0 Å². The number of nitrogens with one attached hydrogen (secondary N) is 1. The monoisotopic (exact) mass is 145 g/mol. The zero-order valence-electron chi connectivity index (χ0n) is 5.61. The molecule has 0 saturated carbocycles. The summed E-state index contributed by atoms with van der Waals surface area (Å²) in [6, 6.07) is 0. The Morgan fingerprint density at radius 1 is 1.67 bits per heavy atom. The molecule has 0 amide bonds. The van der Waals surface area contributed by atoms with Crippen molar-refractivity contribution in [2.24, 2.45) is 0 Å². The van der Waals surface area contributed by atoms with Crippen molar-refractivity contribution in [3.63, 3.8) is 0 Å². The second-order valence-corrected chi connectivity index (χ2v) is 2.51. The zero-order chi connectivity index (χ0) is 6.04. The molecular formula is C7H12ClN. The van der Waals surface area contributed by atoms with E-state index in [0.29, 0.717) is 0 Å². The van der Waals surface area contributed by atoms with Crippen molar-refractivity contribution in [2.75, 3.05) is 6.54 Å². The fraction of sp³-hybridized carbons (Fsp3) is 0.714. The van der Waals surface area contributed by atoms with Gasteiger partial charge < -0.3 is 5.32 Å². The molecule has 1 fully saturated rings. The summed E-state index contributed by atoms with van der Waals surface area (Å²) < 4.78 is 0. The highest BCUT2D eigenvalue weighted by Gasteiger charge is 2.24. The Balaban J connectivity index is 0.000000640. The lowest BCUT2D eigenvalue weighted by Crippen LogP contribution is -2.33. The fourth-order valence-electron chi connectivity index (χ4n) is 1.02. The van der Waals surface area contributed by atoms with Gasteiger partial charge in [0.2, 0.25) is 0 Å². The quantitative estimate of drug-likeness (QED) is 0.505. The Labute approximate surface area is 62.6 Å². The van der Waals surface area contributed by atoms with Crippen molar-refractivity contribution in [3.8, 4) is 12.3 Å². The smallest absolute Gasteiger partial charge is 0.0770 e. The van der Waals surface area contributed by atoms with Gasteiger partial charge >= 0.3 is 0 Å². The van der Waals surface area contributed by atoms with Gasteiger partial charge in [0.25, 0.3) is 0 Å². The van der Waals surface area contributed by atoms with Crippen LogP contribution in [0.15, 0.2) is 0 Å². The summed E-state index contributed by atoms with van der Waals surface area (Å²) >= 11 is 0. The molecular weight excluding hydrogens is 134 g/mol. The maximum atomic E-state index is 5.26. The molecule has 1 N–H and O–H groups in total. The topological polar surface area (TPSA) is 12.0 Å². The van der Waals surface area contributed by atoms with Crippen molar-refractivity contribution < 1.29 is 0 Å². The van der Waals surface area contributed by atoms with Gasteiger partial charge in [0, 0.05) is 0 Å². The molecule has 0 unspecified atom stereocenters. The van der Waals surface area contributed by atoms with Gasteiger partial charge in [0.1, 0.15) is 0 Å². The highest BCUT2D eigenvalue weighted by molar-refractivity contribution is 5.85. The predicted molar refractivity (Wildman–Crippen MR) is 41.7 cm³/mol. The van der Waals surface area contributed by atoms with Crippen molar-refractivity contribution in [2.45, 2.75) is 25.3 Å². The molecule has 0 aliphatic carbocycles. The largest absolute Gasteiger partial charge is 0.301 e. The minimum atomic E-state index is 0. The first kappa shape index (κ1) is 8.81. The summed E-state index contributed by atoms with van der Waals surface area (Å²) in [6.07, 6.45) is 7.61.